The van der Waals surface area contributed by atoms with Crippen molar-refractivity contribution in [3.63, 3.8) is 0 Å². The van der Waals surface area contributed by atoms with E-state index < -0.39 is 21.5 Å². The van der Waals surface area contributed by atoms with Crippen LogP contribution in [0.15, 0.2) is 64.9 Å². The fourth-order valence-electron chi connectivity index (χ4n) is 3.18. The van der Waals surface area contributed by atoms with Gasteiger partial charge in [0.25, 0.3) is 0 Å². The third-order valence-corrected chi connectivity index (χ3v) is 7.70. The molecule has 0 spiro atoms. The molecule has 0 saturated carbocycles. The number of carboxylic acid groups (broad SMARTS) is 1. The first-order valence-corrected chi connectivity index (χ1v) is 12.7. The average molecular weight is 516 g/mol. The zero-order valence-electron chi connectivity index (χ0n) is 19.6. The molecule has 3 rings (SSSR count). The number of carbonyl (C=O) groups is 2. The molecule has 0 bridgehead atoms. The van der Waals surface area contributed by atoms with E-state index in [9.17, 15) is 18.0 Å². The average Bonchev–Trinajstić information content (AvgIpc) is 3.36. The molecule has 2 aromatic carbocycles. The highest BCUT2D eigenvalue weighted by Gasteiger charge is 2.33. The van der Waals surface area contributed by atoms with Crippen molar-refractivity contribution in [2.45, 2.75) is 24.3 Å². The number of nitrogens with one attached hydrogen (secondary N) is 1. The molecular formula is C25H25NO7S2. The number of aliphatic carboxylic acids is 1. The highest BCUT2D eigenvalue weighted by molar-refractivity contribution is 7.89. The fraction of sp³-hybridized carbons (Fsp3) is 0.200. The number of hydrogen-bond donors (Lipinski definition) is 2. The van der Waals surface area contributed by atoms with E-state index >= 15 is 0 Å². The molecule has 0 aliphatic rings. The Kier molecular flexibility index (Phi) is 7.79. The summed E-state index contributed by atoms with van der Waals surface area (Å²) in [7, 11) is -0.989. The molecule has 0 radical (unpaired) electrons. The Morgan fingerprint density at radius 2 is 1.69 bits per heavy atom. The Morgan fingerprint density at radius 1 is 1.03 bits per heavy atom. The summed E-state index contributed by atoms with van der Waals surface area (Å²) in [6.45, 7) is 2.49. The maximum absolute atomic E-state index is 12.7. The second kappa shape index (κ2) is 10.4. The number of carbonyl (C=O) groups excluding carboxylic acids is 1. The Bertz CT molecular complexity index is 1360. The molecule has 1 aromatic heterocycles. The number of rotatable bonds is 10. The van der Waals surface area contributed by atoms with E-state index in [1.807, 2.05) is 23.6 Å². The molecule has 0 aliphatic heterocycles. The second-order valence-corrected chi connectivity index (χ2v) is 10.7. The highest BCUT2D eigenvalue weighted by atomic mass is 32.2. The molecular weight excluding hydrogens is 490 g/mol. The van der Waals surface area contributed by atoms with Gasteiger partial charge in [0.1, 0.15) is 17.0 Å². The van der Waals surface area contributed by atoms with Crippen molar-refractivity contribution in [1.29, 1.82) is 0 Å². The zero-order valence-corrected chi connectivity index (χ0v) is 21.2. The van der Waals surface area contributed by atoms with Gasteiger partial charge in [-0.25, -0.2) is 8.42 Å². The van der Waals surface area contributed by atoms with E-state index in [0.29, 0.717) is 17.1 Å². The van der Waals surface area contributed by atoms with Gasteiger partial charge in [0, 0.05) is 27.6 Å². The lowest BCUT2D eigenvalue weighted by molar-refractivity contribution is -0.142. The molecule has 0 fully saturated rings. The molecule has 1 heterocycles. The van der Waals surface area contributed by atoms with Crippen molar-refractivity contribution in [3.8, 4) is 21.9 Å². The van der Waals surface area contributed by atoms with E-state index in [0.717, 1.165) is 10.4 Å². The summed E-state index contributed by atoms with van der Waals surface area (Å²) >= 11 is 1.56. The van der Waals surface area contributed by atoms with Gasteiger partial charge in [-0.15, -0.1) is 11.3 Å². The van der Waals surface area contributed by atoms with Gasteiger partial charge in [0.05, 0.1) is 19.1 Å². The monoisotopic (exact) mass is 515 g/mol. The Hall–Kier alpha value is -3.47. The Balaban J connectivity index is 1.85. The number of ether oxygens (including phenoxy) is 2. The van der Waals surface area contributed by atoms with Crippen LogP contribution in [0.25, 0.3) is 16.5 Å². The van der Waals surface area contributed by atoms with Gasteiger partial charge < -0.3 is 14.6 Å². The van der Waals surface area contributed by atoms with Crippen molar-refractivity contribution in [2.75, 3.05) is 14.2 Å². The van der Waals surface area contributed by atoms with Gasteiger partial charge in [-0.05, 0) is 67.8 Å². The predicted octanol–water partition coefficient (Wildman–Crippen LogP) is 4.47. The minimum atomic E-state index is -4.09. The third-order valence-electron chi connectivity index (χ3n) is 5.13. The maximum Gasteiger partial charge on any atom is 0.324 e. The number of allylic oxidation sites excluding steroid dienone is 1. The highest BCUT2D eigenvalue weighted by Crippen LogP contribution is 2.38. The number of thiophene rings is 1. The van der Waals surface area contributed by atoms with Crippen LogP contribution in [0.1, 0.15) is 29.8 Å². The predicted molar refractivity (Wildman–Crippen MR) is 135 cm³/mol. The quantitative estimate of drug-likeness (QED) is 0.302. The molecule has 0 saturated heterocycles. The summed E-state index contributed by atoms with van der Waals surface area (Å²) in [5.74, 6) is -0.485. The van der Waals surface area contributed by atoms with Crippen LogP contribution in [-0.4, -0.2) is 45.0 Å². The SMILES string of the molecule is COc1cc(OC)c(-c2cccs2)cc1C=CC(=O)c1ccc(S(=O)(=O)NC(C)(C)C(=O)O)cc1. The van der Waals surface area contributed by atoms with Crippen LogP contribution in [0.3, 0.4) is 0 Å². The van der Waals surface area contributed by atoms with E-state index in [-0.39, 0.29) is 16.2 Å². The first-order chi connectivity index (χ1) is 16.5. The van der Waals surface area contributed by atoms with Crippen LogP contribution in [0, 0.1) is 0 Å². The number of benzene rings is 2. The molecule has 3 aromatic rings. The fourth-order valence-corrected chi connectivity index (χ4v) is 5.30. The van der Waals surface area contributed by atoms with Crippen LogP contribution in [-0.2, 0) is 14.8 Å². The van der Waals surface area contributed by atoms with Crippen molar-refractivity contribution in [1.82, 2.24) is 4.72 Å². The number of sulfonamides is 1. The number of ketones is 1. The topological polar surface area (TPSA) is 119 Å². The van der Waals surface area contributed by atoms with Gasteiger partial charge >= 0.3 is 5.97 Å². The molecule has 10 heteroatoms. The lowest BCUT2D eigenvalue weighted by Gasteiger charge is -2.20. The van der Waals surface area contributed by atoms with E-state index in [1.54, 1.807) is 30.6 Å². The second-order valence-electron chi connectivity index (χ2n) is 8.03. The molecule has 8 nitrogen and oxygen atoms in total. The van der Waals surface area contributed by atoms with Crippen LogP contribution < -0.4 is 14.2 Å². The van der Waals surface area contributed by atoms with E-state index in [1.165, 1.54) is 51.3 Å². The van der Waals surface area contributed by atoms with E-state index in [2.05, 4.69) is 4.72 Å². The van der Waals surface area contributed by atoms with Crippen LogP contribution >= 0.6 is 11.3 Å². The minimum absolute atomic E-state index is 0.148. The summed E-state index contributed by atoms with van der Waals surface area (Å²) in [5, 5.41) is 11.1. The number of carboxylic acids is 1. The summed E-state index contributed by atoms with van der Waals surface area (Å²) < 4.78 is 38.1. The first-order valence-electron chi connectivity index (χ1n) is 10.4. The molecule has 0 atom stereocenters. The van der Waals surface area contributed by atoms with Gasteiger partial charge in [-0.3, -0.25) is 9.59 Å². The molecule has 184 valence electrons. The van der Waals surface area contributed by atoms with Gasteiger partial charge in [0.2, 0.25) is 10.0 Å². The van der Waals surface area contributed by atoms with Crippen LogP contribution in [0.2, 0.25) is 0 Å². The molecule has 35 heavy (non-hydrogen) atoms. The number of methoxy groups -OCH3 is 2. The summed E-state index contributed by atoms with van der Waals surface area (Å²) in [6.07, 6.45) is 3.00. The minimum Gasteiger partial charge on any atom is -0.496 e. The molecule has 0 aliphatic carbocycles. The van der Waals surface area contributed by atoms with E-state index in [4.69, 9.17) is 14.6 Å². The van der Waals surface area contributed by atoms with Crippen LogP contribution in [0.5, 0.6) is 11.5 Å². The zero-order chi connectivity index (χ0) is 25.8. The molecule has 0 amide bonds. The lowest BCUT2D eigenvalue weighted by atomic mass is 10.0. The standard InChI is InChI=1S/C25H25NO7S2/c1-25(2,24(28)29)26-35(30,31)18-10-7-16(8-11-18)20(27)12-9-17-14-19(23-6-5-13-34-23)22(33-4)15-21(17)32-3/h5-15,26H,1-4H3,(H,28,29). The van der Waals surface area contributed by atoms with Crippen LogP contribution in [0.4, 0.5) is 0 Å². The molecule has 0 unspecified atom stereocenters. The van der Waals surface area contributed by atoms with Gasteiger partial charge in [-0.2, -0.15) is 4.72 Å². The maximum atomic E-state index is 12.7. The summed E-state index contributed by atoms with van der Waals surface area (Å²) in [6, 6.07) is 12.8. The summed E-state index contributed by atoms with van der Waals surface area (Å²) in [5.41, 5.74) is 0.116. The normalized spacial score (nSPS) is 12.0. The van der Waals surface area contributed by atoms with Gasteiger partial charge in [-0.1, -0.05) is 6.07 Å². The Labute approximate surface area is 207 Å². The third kappa shape index (κ3) is 5.97. The van der Waals surface area contributed by atoms with Crippen molar-refractivity contribution in [2.24, 2.45) is 0 Å². The Morgan fingerprint density at radius 3 is 2.23 bits per heavy atom. The molecule has 2 N–H and O–H groups in total. The first kappa shape index (κ1) is 26.1. The van der Waals surface area contributed by atoms with Crippen molar-refractivity contribution < 1.29 is 32.6 Å². The largest absolute Gasteiger partial charge is 0.496 e. The van der Waals surface area contributed by atoms with Crippen molar-refractivity contribution >= 4 is 39.2 Å². The summed E-state index contributed by atoms with van der Waals surface area (Å²) in [4.78, 5) is 24.8. The van der Waals surface area contributed by atoms with Gasteiger partial charge in [0.15, 0.2) is 5.78 Å². The smallest absolute Gasteiger partial charge is 0.324 e. The lowest BCUT2D eigenvalue weighted by Crippen LogP contribution is -2.49. The number of hydrogen-bond acceptors (Lipinski definition) is 7. The van der Waals surface area contributed by atoms with Crippen molar-refractivity contribution in [3.05, 3.63) is 71.1 Å².